The molecule has 4 rings (SSSR count). The van der Waals surface area contributed by atoms with E-state index in [1.54, 1.807) is 0 Å². The van der Waals surface area contributed by atoms with Crippen molar-refractivity contribution in [1.29, 1.82) is 0 Å². The van der Waals surface area contributed by atoms with Gasteiger partial charge >= 0.3 is 0 Å². The topological polar surface area (TPSA) is 87.2 Å². The van der Waals surface area contributed by atoms with Gasteiger partial charge in [-0.1, -0.05) is 23.4 Å². The summed E-state index contributed by atoms with van der Waals surface area (Å²) in [6.45, 7) is 1.49. The molecule has 1 aliphatic carbocycles. The molecule has 1 saturated carbocycles. The fraction of sp³-hybridized carbons (Fsp3) is 0.429. The highest BCUT2D eigenvalue weighted by Gasteiger charge is 2.30. The Bertz CT molecular complexity index is 957. The number of aromatic nitrogens is 2. The molecule has 2 N–H and O–H groups in total. The molecule has 2 aromatic rings. The number of carbonyl (C=O) groups excluding carboxylic acids is 2. The van der Waals surface area contributed by atoms with Gasteiger partial charge in [0.1, 0.15) is 10.8 Å². The van der Waals surface area contributed by atoms with Gasteiger partial charge in [0.15, 0.2) is 5.82 Å². The molecule has 0 radical (unpaired) electrons. The molecule has 0 spiro atoms. The molecule has 1 aromatic carbocycles. The zero-order chi connectivity index (χ0) is 21.8. The molecular weight excluding hydrogens is 441 g/mol. The van der Waals surface area contributed by atoms with Crippen LogP contribution in [0.15, 0.2) is 35.4 Å². The number of nitrogens with zero attached hydrogens (tertiary/aromatic N) is 3. The maximum absolute atomic E-state index is 13.2. The lowest BCUT2D eigenvalue weighted by molar-refractivity contribution is -0.125. The van der Waals surface area contributed by atoms with Crippen LogP contribution in [-0.2, 0) is 9.59 Å². The molecule has 1 saturated heterocycles. The van der Waals surface area contributed by atoms with Gasteiger partial charge < -0.3 is 15.5 Å². The number of hydrogen-bond donors (Lipinski definition) is 2. The van der Waals surface area contributed by atoms with Crippen LogP contribution in [0, 0.1) is 11.7 Å². The van der Waals surface area contributed by atoms with Crippen molar-refractivity contribution in [2.24, 2.45) is 5.92 Å². The minimum absolute atomic E-state index is 0.0196. The molecule has 164 valence electrons. The highest BCUT2D eigenvalue weighted by Crippen LogP contribution is 2.25. The van der Waals surface area contributed by atoms with Crippen LogP contribution in [0.25, 0.3) is 0 Å². The monoisotopic (exact) mass is 463 g/mol. The van der Waals surface area contributed by atoms with Crippen molar-refractivity contribution in [3.63, 3.8) is 0 Å². The van der Waals surface area contributed by atoms with E-state index in [1.165, 1.54) is 30.0 Å². The molecule has 2 amide bonds. The summed E-state index contributed by atoms with van der Waals surface area (Å²) in [6, 6.07) is 8.09. The first-order valence-corrected chi connectivity index (χ1v) is 11.6. The van der Waals surface area contributed by atoms with Gasteiger partial charge in [-0.25, -0.2) is 4.39 Å². The third kappa shape index (κ3) is 6.07. The SMILES string of the molecule is O=C(CSc1ccc(N2CCC[C@H](C(=O)NC3CC3)C2)nn1)Nc1ccc(F)c(Cl)c1. The summed E-state index contributed by atoms with van der Waals surface area (Å²) in [5.41, 5.74) is 0.434. The molecule has 2 fully saturated rings. The summed E-state index contributed by atoms with van der Waals surface area (Å²) in [4.78, 5) is 26.6. The zero-order valence-corrected chi connectivity index (χ0v) is 18.4. The van der Waals surface area contributed by atoms with Crippen molar-refractivity contribution >= 4 is 46.7 Å². The predicted molar refractivity (Wildman–Crippen MR) is 119 cm³/mol. The van der Waals surface area contributed by atoms with E-state index in [9.17, 15) is 14.0 Å². The smallest absolute Gasteiger partial charge is 0.234 e. The van der Waals surface area contributed by atoms with E-state index in [-0.39, 0.29) is 28.5 Å². The van der Waals surface area contributed by atoms with Gasteiger partial charge in [-0.2, -0.15) is 0 Å². The van der Waals surface area contributed by atoms with Gasteiger partial charge in [0, 0.05) is 24.8 Å². The lowest BCUT2D eigenvalue weighted by atomic mass is 9.97. The van der Waals surface area contributed by atoms with E-state index < -0.39 is 5.82 Å². The molecular formula is C21H23ClFN5O2S. The Balaban J connectivity index is 1.27. The van der Waals surface area contributed by atoms with Crippen molar-refractivity contribution in [1.82, 2.24) is 15.5 Å². The third-order valence-electron chi connectivity index (χ3n) is 5.22. The summed E-state index contributed by atoms with van der Waals surface area (Å²) < 4.78 is 13.2. The van der Waals surface area contributed by atoms with Crippen LogP contribution in [0.3, 0.4) is 0 Å². The highest BCUT2D eigenvalue weighted by molar-refractivity contribution is 7.99. The number of nitrogens with one attached hydrogen (secondary N) is 2. The van der Waals surface area contributed by atoms with Crippen LogP contribution in [0.4, 0.5) is 15.9 Å². The quantitative estimate of drug-likeness (QED) is 0.611. The van der Waals surface area contributed by atoms with Crippen LogP contribution in [0.5, 0.6) is 0 Å². The van der Waals surface area contributed by atoms with Crippen LogP contribution in [0.1, 0.15) is 25.7 Å². The molecule has 31 heavy (non-hydrogen) atoms. The van der Waals surface area contributed by atoms with E-state index in [0.29, 0.717) is 23.3 Å². The number of carbonyl (C=O) groups is 2. The summed E-state index contributed by atoms with van der Waals surface area (Å²) in [7, 11) is 0. The Hall–Kier alpha value is -2.39. The van der Waals surface area contributed by atoms with Gasteiger partial charge in [0.25, 0.3) is 0 Å². The standard InChI is InChI=1S/C21H23ClFN5O2S/c22-16-10-15(5-6-17(16)23)24-19(29)12-31-20-8-7-18(26-27-20)28-9-1-2-13(11-28)21(30)25-14-3-4-14/h5-8,10,13-14H,1-4,9,11-12H2,(H,24,29)(H,25,30)/t13-/m0/s1. The fourth-order valence-electron chi connectivity index (χ4n) is 3.42. The number of amides is 2. The van der Waals surface area contributed by atoms with E-state index in [0.717, 1.165) is 38.0 Å². The highest BCUT2D eigenvalue weighted by atomic mass is 35.5. The maximum Gasteiger partial charge on any atom is 0.234 e. The molecule has 2 heterocycles. The van der Waals surface area contributed by atoms with Gasteiger partial charge in [0.05, 0.1) is 16.7 Å². The van der Waals surface area contributed by atoms with E-state index in [1.807, 2.05) is 12.1 Å². The molecule has 1 atom stereocenters. The first kappa shape index (κ1) is 21.8. The maximum atomic E-state index is 13.2. The number of thioether (sulfide) groups is 1. The van der Waals surface area contributed by atoms with Gasteiger partial charge in [-0.3, -0.25) is 9.59 Å². The van der Waals surface area contributed by atoms with Crippen molar-refractivity contribution < 1.29 is 14.0 Å². The van der Waals surface area contributed by atoms with Crippen molar-refractivity contribution in [3.8, 4) is 0 Å². The van der Waals surface area contributed by atoms with Gasteiger partial charge in [-0.05, 0) is 56.0 Å². The summed E-state index contributed by atoms with van der Waals surface area (Å²) in [5.74, 6) is 0.205. The van der Waals surface area contributed by atoms with Crippen molar-refractivity contribution in [2.75, 3.05) is 29.1 Å². The first-order chi connectivity index (χ1) is 15.0. The molecule has 2 aliphatic rings. The number of benzene rings is 1. The molecule has 1 aromatic heterocycles. The Morgan fingerprint density at radius 2 is 2.03 bits per heavy atom. The Labute approximate surface area is 189 Å². The number of anilines is 2. The minimum atomic E-state index is -0.534. The zero-order valence-electron chi connectivity index (χ0n) is 16.8. The van der Waals surface area contributed by atoms with E-state index >= 15 is 0 Å². The molecule has 0 bridgehead atoms. The largest absolute Gasteiger partial charge is 0.354 e. The molecule has 10 heteroatoms. The van der Waals surface area contributed by atoms with Crippen molar-refractivity contribution in [2.45, 2.75) is 36.8 Å². The second-order valence-electron chi connectivity index (χ2n) is 7.76. The molecule has 1 aliphatic heterocycles. The first-order valence-electron chi connectivity index (χ1n) is 10.2. The summed E-state index contributed by atoms with van der Waals surface area (Å²) in [5, 5.41) is 14.8. The number of hydrogen-bond acceptors (Lipinski definition) is 6. The van der Waals surface area contributed by atoms with Crippen LogP contribution >= 0.6 is 23.4 Å². The average molecular weight is 464 g/mol. The van der Waals surface area contributed by atoms with Crippen molar-refractivity contribution in [3.05, 3.63) is 41.2 Å². The van der Waals surface area contributed by atoms with Gasteiger partial charge in [0.2, 0.25) is 11.8 Å². The molecule has 7 nitrogen and oxygen atoms in total. The molecule has 0 unspecified atom stereocenters. The lowest BCUT2D eigenvalue weighted by Gasteiger charge is -2.32. The number of piperidine rings is 1. The number of rotatable bonds is 7. The predicted octanol–water partition coefficient (Wildman–Crippen LogP) is 3.49. The van der Waals surface area contributed by atoms with E-state index in [2.05, 4.69) is 25.7 Å². The summed E-state index contributed by atoms with van der Waals surface area (Å²) in [6.07, 6.45) is 4.00. The Morgan fingerprint density at radius 1 is 1.19 bits per heavy atom. The summed E-state index contributed by atoms with van der Waals surface area (Å²) >= 11 is 6.98. The van der Waals surface area contributed by atoms with Crippen LogP contribution < -0.4 is 15.5 Å². The van der Waals surface area contributed by atoms with Crippen LogP contribution in [-0.4, -0.2) is 46.9 Å². The van der Waals surface area contributed by atoms with E-state index in [4.69, 9.17) is 11.6 Å². The normalized spacial score (nSPS) is 18.5. The second-order valence-corrected chi connectivity index (χ2v) is 9.17. The average Bonchev–Trinajstić information content (AvgIpc) is 3.59. The fourth-order valence-corrected chi connectivity index (χ4v) is 4.21. The van der Waals surface area contributed by atoms with Gasteiger partial charge in [-0.15, -0.1) is 10.2 Å². The lowest BCUT2D eigenvalue weighted by Crippen LogP contribution is -2.44. The Kier molecular flexibility index (Phi) is 6.92. The number of halogens is 2. The second kappa shape index (κ2) is 9.82. The van der Waals surface area contributed by atoms with Crippen LogP contribution in [0.2, 0.25) is 5.02 Å². The Morgan fingerprint density at radius 3 is 2.74 bits per heavy atom. The minimum Gasteiger partial charge on any atom is -0.354 e. The third-order valence-corrected chi connectivity index (χ3v) is 6.43.